The van der Waals surface area contributed by atoms with Gasteiger partial charge in [-0.1, -0.05) is 25.5 Å². The predicted molar refractivity (Wildman–Crippen MR) is 110 cm³/mol. The number of hydrogen-bond acceptors (Lipinski definition) is 3. The highest BCUT2D eigenvalue weighted by molar-refractivity contribution is 5.79. The molecule has 4 aliphatic rings. The number of fused-ring (bicyclic) bond motifs is 5. The Morgan fingerprint density at radius 1 is 1.21 bits per heavy atom. The van der Waals surface area contributed by atoms with E-state index in [4.69, 9.17) is 10.3 Å². The van der Waals surface area contributed by atoms with Crippen molar-refractivity contribution >= 4 is 11.8 Å². The third-order valence-electron chi connectivity index (χ3n) is 9.28. The average Bonchev–Trinajstić information content (AvgIpc) is 2.98. The molecule has 0 amide bonds. The van der Waals surface area contributed by atoms with Crippen LogP contribution in [0.3, 0.4) is 0 Å². The number of rotatable bonds is 5. The van der Waals surface area contributed by atoms with Crippen LogP contribution < -0.4 is 5.11 Å². The molecule has 3 fully saturated rings. The van der Waals surface area contributed by atoms with Crippen LogP contribution >= 0.6 is 0 Å². The van der Waals surface area contributed by atoms with Gasteiger partial charge in [0.2, 0.25) is 0 Å². The third-order valence-corrected chi connectivity index (χ3v) is 9.28. The number of allylic oxidation sites excluding steroid dienone is 2. The summed E-state index contributed by atoms with van der Waals surface area (Å²) in [6, 6.07) is 0. The van der Waals surface area contributed by atoms with Crippen molar-refractivity contribution in [2.75, 3.05) is 6.54 Å². The molecule has 3 saturated carbocycles. The summed E-state index contributed by atoms with van der Waals surface area (Å²) < 4.78 is 5.57. The van der Waals surface area contributed by atoms with E-state index in [1.165, 1.54) is 32.6 Å². The van der Waals surface area contributed by atoms with Crippen molar-refractivity contribution in [1.82, 2.24) is 0 Å². The first-order valence-electron chi connectivity index (χ1n) is 11.5. The van der Waals surface area contributed by atoms with Crippen LogP contribution in [-0.2, 0) is 14.3 Å². The van der Waals surface area contributed by atoms with Crippen molar-refractivity contribution in [3.63, 3.8) is 0 Å². The van der Waals surface area contributed by atoms with Gasteiger partial charge in [0, 0.05) is 13.3 Å². The van der Waals surface area contributed by atoms with Gasteiger partial charge in [0.15, 0.2) is 12.3 Å². The SMILES string of the molecule is CC(=O)O[C@H]1CC[C@@]2(C)[C@H](CC[C@H]3C4=CC[C@H](CC(=O)C[NH+]=[N-])[C@@]4(C)CC[C@@H]32)C1. The Hall–Kier alpha value is -1.52. The highest BCUT2D eigenvalue weighted by atomic mass is 16.5. The lowest BCUT2D eigenvalue weighted by Gasteiger charge is -2.59. The van der Waals surface area contributed by atoms with Crippen LogP contribution in [-0.4, -0.2) is 24.4 Å². The molecule has 0 unspecified atom stereocenters. The van der Waals surface area contributed by atoms with Gasteiger partial charge in [-0.3, -0.25) is 9.59 Å². The number of nitrogens with zero attached hydrogens (tertiary/aromatic N) is 1. The fourth-order valence-electron chi connectivity index (χ4n) is 7.72. The van der Waals surface area contributed by atoms with Gasteiger partial charge in [-0.05, 0) is 85.9 Å². The molecule has 0 aromatic heterocycles. The summed E-state index contributed by atoms with van der Waals surface area (Å²) in [6.45, 7) is 6.47. The van der Waals surface area contributed by atoms with Crippen molar-refractivity contribution in [1.29, 1.82) is 0 Å². The molecule has 0 radical (unpaired) electrons. The van der Waals surface area contributed by atoms with E-state index in [-0.39, 0.29) is 29.8 Å². The van der Waals surface area contributed by atoms with Crippen LogP contribution in [0.15, 0.2) is 11.6 Å². The molecule has 5 nitrogen and oxygen atoms in total. The minimum Gasteiger partial charge on any atom is -0.508 e. The predicted octanol–water partition coefficient (Wildman–Crippen LogP) is 3.56. The van der Waals surface area contributed by atoms with E-state index in [1.807, 2.05) is 5.11 Å². The second-order valence-electron chi connectivity index (χ2n) is 10.6. The summed E-state index contributed by atoms with van der Waals surface area (Å²) in [5.41, 5.74) is 11.0. The molecule has 0 spiro atoms. The van der Waals surface area contributed by atoms with Gasteiger partial charge in [0.05, 0.1) is 0 Å². The Morgan fingerprint density at radius 2 is 2.00 bits per heavy atom. The average molecular weight is 401 g/mol. The summed E-state index contributed by atoms with van der Waals surface area (Å²) >= 11 is 0. The Bertz CT molecular complexity index is 732. The van der Waals surface area contributed by atoms with Crippen molar-refractivity contribution in [3.05, 3.63) is 17.2 Å². The highest BCUT2D eigenvalue weighted by Gasteiger charge is 2.57. The van der Waals surface area contributed by atoms with Gasteiger partial charge in [-0.2, -0.15) is 0 Å². The van der Waals surface area contributed by atoms with Gasteiger partial charge in [0.25, 0.3) is 0 Å². The van der Waals surface area contributed by atoms with E-state index >= 15 is 0 Å². The van der Waals surface area contributed by atoms with Crippen molar-refractivity contribution in [2.24, 2.45) is 34.5 Å². The molecule has 0 heterocycles. The van der Waals surface area contributed by atoms with E-state index in [0.717, 1.165) is 25.7 Å². The van der Waals surface area contributed by atoms with E-state index in [0.29, 0.717) is 35.5 Å². The summed E-state index contributed by atoms with van der Waals surface area (Å²) in [6.07, 6.45) is 12.2. The molecule has 5 heteroatoms. The topological polar surface area (TPSA) is 79.6 Å². The largest absolute Gasteiger partial charge is 0.508 e. The Labute approximate surface area is 174 Å². The first-order chi connectivity index (χ1) is 13.8. The van der Waals surface area contributed by atoms with Crippen LogP contribution in [0.4, 0.5) is 0 Å². The molecule has 0 aromatic carbocycles. The third kappa shape index (κ3) is 3.48. The molecule has 4 aliphatic carbocycles. The van der Waals surface area contributed by atoms with Gasteiger partial charge in [-0.25, -0.2) is 0 Å². The van der Waals surface area contributed by atoms with E-state index in [2.05, 4.69) is 19.9 Å². The van der Waals surface area contributed by atoms with Crippen LogP contribution in [0.1, 0.15) is 78.6 Å². The first-order valence-corrected chi connectivity index (χ1v) is 11.5. The molecule has 29 heavy (non-hydrogen) atoms. The summed E-state index contributed by atoms with van der Waals surface area (Å²) in [7, 11) is 0. The number of carbonyl (C=O) groups is 2. The van der Waals surface area contributed by atoms with Gasteiger partial charge in [0.1, 0.15) is 6.10 Å². The van der Waals surface area contributed by atoms with Crippen molar-refractivity contribution in [2.45, 2.75) is 84.7 Å². The zero-order valence-electron chi connectivity index (χ0n) is 18.2. The maximum atomic E-state index is 12.2. The van der Waals surface area contributed by atoms with Crippen LogP contribution in [0.25, 0.3) is 5.53 Å². The molecule has 1 N–H and O–H groups in total. The smallest absolute Gasteiger partial charge is 0.302 e. The Balaban J connectivity index is 1.49. The zero-order chi connectivity index (χ0) is 20.8. The van der Waals surface area contributed by atoms with E-state index in [1.54, 1.807) is 5.57 Å². The summed E-state index contributed by atoms with van der Waals surface area (Å²) in [5.74, 6) is 2.36. The lowest BCUT2D eigenvalue weighted by Crippen LogP contribution is -2.65. The number of nitrogens with one attached hydrogen (secondary N) is 1. The molecule has 4 rings (SSSR count). The molecular weight excluding hydrogens is 364 g/mol. The number of carbonyl (C=O) groups excluding carboxylic acids is 2. The number of ether oxygens (including phenoxy) is 1. The van der Waals surface area contributed by atoms with Crippen molar-refractivity contribution in [3.8, 4) is 0 Å². The molecule has 160 valence electrons. The van der Waals surface area contributed by atoms with Crippen molar-refractivity contribution < 1.29 is 19.4 Å². The van der Waals surface area contributed by atoms with Crippen LogP contribution in [0.5, 0.6) is 0 Å². The number of ketones is 1. The van der Waals surface area contributed by atoms with Gasteiger partial charge < -0.3 is 15.4 Å². The Kier molecular flexibility index (Phi) is 5.45. The fraction of sp³-hybridized carbons (Fsp3) is 0.833. The minimum absolute atomic E-state index is 0.0528. The lowest BCUT2D eigenvalue weighted by atomic mass is 9.46. The summed E-state index contributed by atoms with van der Waals surface area (Å²) in [4.78, 5) is 23.6. The maximum Gasteiger partial charge on any atom is 0.302 e. The van der Waals surface area contributed by atoms with Gasteiger partial charge in [-0.15, -0.1) is 0 Å². The standard InChI is InChI=1S/C24H36N2O3/c1-15(27)29-19-8-10-23(2)17(13-19)4-6-20-21-7-5-16(12-18(28)14-26-25)24(21,3)11-9-22(20)23/h7,16-17,19-20,22,26H,4-6,8-14H2,1-3H3/t16-,17-,19+,20+,22+,23+,24-/m1/s1. The lowest BCUT2D eigenvalue weighted by molar-refractivity contribution is -0.467. The quantitative estimate of drug-likeness (QED) is 0.435. The highest BCUT2D eigenvalue weighted by Crippen LogP contribution is 2.66. The molecule has 0 saturated heterocycles. The van der Waals surface area contributed by atoms with E-state index in [9.17, 15) is 9.59 Å². The fourth-order valence-corrected chi connectivity index (χ4v) is 7.72. The summed E-state index contributed by atoms with van der Waals surface area (Å²) in [5, 5.41) is 2.02. The van der Waals surface area contributed by atoms with Crippen LogP contribution in [0, 0.1) is 34.5 Å². The molecular formula is C24H36N2O3. The number of Topliss-reactive ketones (excluding diaryl/α,β-unsaturated/α-hetero) is 1. The molecule has 0 bridgehead atoms. The second-order valence-corrected chi connectivity index (χ2v) is 10.6. The second kappa shape index (κ2) is 7.63. The zero-order valence-corrected chi connectivity index (χ0v) is 18.2. The molecule has 7 atom stereocenters. The maximum absolute atomic E-state index is 12.2. The number of esters is 1. The molecule has 0 aromatic rings. The van der Waals surface area contributed by atoms with E-state index < -0.39 is 0 Å². The van der Waals surface area contributed by atoms with Gasteiger partial charge >= 0.3 is 5.97 Å². The molecule has 0 aliphatic heterocycles. The first kappa shape index (κ1) is 20.7. The number of hydrogen-bond donors (Lipinski definition) is 1. The Morgan fingerprint density at radius 3 is 2.72 bits per heavy atom. The minimum atomic E-state index is -0.145. The normalized spacial score (nSPS) is 43.4. The van der Waals surface area contributed by atoms with Crippen LogP contribution in [0.2, 0.25) is 0 Å². The monoisotopic (exact) mass is 400 g/mol.